The second-order valence-electron chi connectivity index (χ2n) is 6.86. The van der Waals surface area contributed by atoms with E-state index in [1.165, 1.54) is 11.8 Å². The molecule has 3 N–H and O–H groups in total. The summed E-state index contributed by atoms with van der Waals surface area (Å²) in [7, 11) is 0. The molecule has 1 aliphatic rings. The molecule has 0 aliphatic carbocycles. The van der Waals surface area contributed by atoms with Crippen LogP contribution >= 0.6 is 0 Å². The number of hydrogen-bond acceptors (Lipinski definition) is 3. The van der Waals surface area contributed by atoms with Crippen molar-refractivity contribution in [1.29, 1.82) is 0 Å². The van der Waals surface area contributed by atoms with Crippen LogP contribution in [0.15, 0.2) is 18.2 Å². The summed E-state index contributed by atoms with van der Waals surface area (Å²) in [5.41, 5.74) is 3.01. The van der Waals surface area contributed by atoms with Gasteiger partial charge in [-0.25, -0.2) is 0 Å². The first-order chi connectivity index (χ1) is 12.4. The molecule has 1 aromatic carbocycles. The molecule has 0 radical (unpaired) electrons. The number of amides is 3. The van der Waals surface area contributed by atoms with Gasteiger partial charge in [-0.2, -0.15) is 0 Å². The van der Waals surface area contributed by atoms with E-state index in [1.807, 2.05) is 36.9 Å². The number of anilines is 1. The van der Waals surface area contributed by atoms with Gasteiger partial charge in [-0.15, -0.1) is 0 Å². The highest BCUT2D eigenvalue weighted by atomic mass is 16.2. The summed E-state index contributed by atoms with van der Waals surface area (Å²) in [4.78, 5) is 38.3. The predicted molar refractivity (Wildman–Crippen MR) is 100.0 cm³/mol. The van der Waals surface area contributed by atoms with Gasteiger partial charge in [0.1, 0.15) is 0 Å². The van der Waals surface area contributed by atoms with Gasteiger partial charge in [0, 0.05) is 25.6 Å². The first-order valence-electron chi connectivity index (χ1n) is 9.08. The van der Waals surface area contributed by atoms with Crippen LogP contribution in [0.5, 0.6) is 0 Å². The van der Waals surface area contributed by atoms with E-state index in [0.717, 1.165) is 29.9 Å². The minimum Gasteiger partial charge on any atom is -0.356 e. The molecular weight excluding hydrogens is 332 g/mol. The van der Waals surface area contributed by atoms with Crippen LogP contribution in [-0.2, 0) is 14.4 Å². The average Bonchev–Trinajstić information content (AvgIpc) is 2.58. The summed E-state index contributed by atoms with van der Waals surface area (Å²) in [6.45, 7) is 8.99. The van der Waals surface area contributed by atoms with Gasteiger partial charge in [0.25, 0.3) is 5.91 Å². The zero-order valence-electron chi connectivity index (χ0n) is 15.9. The lowest BCUT2D eigenvalue weighted by molar-refractivity contribution is -0.895. The Labute approximate surface area is 154 Å². The van der Waals surface area contributed by atoms with Crippen LogP contribution in [-0.4, -0.2) is 61.9 Å². The minimum atomic E-state index is -0.123. The van der Waals surface area contributed by atoms with Crippen LogP contribution in [0.25, 0.3) is 0 Å². The van der Waals surface area contributed by atoms with Crippen molar-refractivity contribution in [2.45, 2.75) is 27.2 Å². The standard InChI is InChI=1S/C19H28N4O3/c1-14-5-4-6-15(2)19(14)21-17(25)13-22-9-11-23(12-10-22)18(26)7-8-20-16(3)24/h4-6H,7-13H2,1-3H3,(H,20,24)(H,21,25)/p+1. The average molecular weight is 361 g/mol. The smallest absolute Gasteiger partial charge is 0.279 e. The van der Waals surface area contributed by atoms with Crippen molar-refractivity contribution >= 4 is 23.4 Å². The first kappa shape index (κ1) is 19.9. The Morgan fingerprint density at radius 2 is 1.73 bits per heavy atom. The lowest BCUT2D eigenvalue weighted by Crippen LogP contribution is -3.15. The summed E-state index contributed by atoms with van der Waals surface area (Å²) in [6.07, 6.45) is 0.321. The highest BCUT2D eigenvalue weighted by Gasteiger charge is 2.25. The molecule has 0 spiro atoms. The SMILES string of the molecule is CC(=O)NCCC(=O)N1CC[NH+](CC(=O)Nc2c(C)cccc2C)CC1. The number of para-hydroxylation sites is 1. The zero-order chi connectivity index (χ0) is 19.1. The molecule has 0 bridgehead atoms. The second-order valence-corrected chi connectivity index (χ2v) is 6.86. The fraction of sp³-hybridized carbons (Fsp3) is 0.526. The van der Waals surface area contributed by atoms with E-state index in [1.54, 1.807) is 0 Å². The molecule has 142 valence electrons. The number of carbonyl (C=O) groups is 3. The van der Waals surface area contributed by atoms with E-state index in [9.17, 15) is 14.4 Å². The summed E-state index contributed by atoms with van der Waals surface area (Å²) >= 11 is 0. The van der Waals surface area contributed by atoms with Crippen molar-refractivity contribution in [3.05, 3.63) is 29.3 Å². The number of rotatable bonds is 6. The topological polar surface area (TPSA) is 83.0 Å². The van der Waals surface area contributed by atoms with Crippen LogP contribution < -0.4 is 15.5 Å². The van der Waals surface area contributed by atoms with Crippen molar-refractivity contribution in [3.63, 3.8) is 0 Å². The monoisotopic (exact) mass is 361 g/mol. The van der Waals surface area contributed by atoms with Gasteiger partial charge < -0.3 is 20.4 Å². The highest BCUT2D eigenvalue weighted by Crippen LogP contribution is 2.18. The summed E-state index contributed by atoms with van der Waals surface area (Å²) in [5.74, 6) is -0.0670. The lowest BCUT2D eigenvalue weighted by Gasteiger charge is -2.32. The third-order valence-electron chi connectivity index (χ3n) is 4.69. The van der Waals surface area contributed by atoms with Gasteiger partial charge in [0.2, 0.25) is 11.8 Å². The Balaban J connectivity index is 1.75. The van der Waals surface area contributed by atoms with Crippen LogP contribution in [0.1, 0.15) is 24.5 Å². The number of quaternary nitrogens is 1. The number of aryl methyl sites for hydroxylation is 2. The number of hydrogen-bond donors (Lipinski definition) is 3. The third-order valence-corrected chi connectivity index (χ3v) is 4.69. The first-order valence-corrected chi connectivity index (χ1v) is 9.08. The van der Waals surface area contributed by atoms with Crippen molar-refractivity contribution in [1.82, 2.24) is 10.2 Å². The molecule has 1 aromatic rings. The molecule has 2 rings (SSSR count). The Hall–Kier alpha value is -2.41. The second kappa shape index (κ2) is 9.33. The Morgan fingerprint density at radius 3 is 2.31 bits per heavy atom. The maximum absolute atomic E-state index is 12.4. The predicted octanol–water partition coefficient (Wildman–Crippen LogP) is -0.505. The molecule has 0 aromatic heterocycles. The third kappa shape index (κ3) is 5.84. The van der Waals surface area contributed by atoms with E-state index in [-0.39, 0.29) is 17.7 Å². The number of piperazine rings is 1. The largest absolute Gasteiger partial charge is 0.356 e. The van der Waals surface area contributed by atoms with E-state index >= 15 is 0 Å². The number of nitrogens with one attached hydrogen (secondary N) is 3. The summed E-state index contributed by atoms with van der Waals surface area (Å²) in [5, 5.41) is 5.66. The molecule has 1 heterocycles. The van der Waals surface area contributed by atoms with Crippen molar-refractivity contribution < 1.29 is 19.3 Å². The Bertz CT molecular complexity index is 646. The van der Waals surface area contributed by atoms with Crippen LogP contribution in [0.3, 0.4) is 0 Å². The number of benzene rings is 1. The van der Waals surface area contributed by atoms with E-state index in [0.29, 0.717) is 32.6 Å². The van der Waals surface area contributed by atoms with Gasteiger partial charge >= 0.3 is 0 Å². The van der Waals surface area contributed by atoms with Crippen LogP contribution in [0.4, 0.5) is 5.69 Å². The maximum Gasteiger partial charge on any atom is 0.279 e. The molecule has 7 nitrogen and oxygen atoms in total. The van der Waals surface area contributed by atoms with Gasteiger partial charge in [-0.1, -0.05) is 18.2 Å². The quantitative estimate of drug-likeness (QED) is 0.639. The van der Waals surface area contributed by atoms with Crippen LogP contribution in [0, 0.1) is 13.8 Å². The molecule has 7 heteroatoms. The molecular formula is C19H29N4O3+. The Kier molecular flexibility index (Phi) is 7.15. The molecule has 0 unspecified atom stereocenters. The summed E-state index contributed by atoms with van der Waals surface area (Å²) < 4.78 is 0. The van der Waals surface area contributed by atoms with E-state index in [2.05, 4.69) is 10.6 Å². The van der Waals surface area contributed by atoms with Crippen molar-refractivity contribution in [2.75, 3.05) is 44.6 Å². The molecule has 0 atom stereocenters. The van der Waals surface area contributed by atoms with Crippen molar-refractivity contribution in [3.8, 4) is 0 Å². The van der Waals surface area contributed by atoms with Gasteiger partial charge in [0.15, 0.2) is 6.54 Å². The van der Waals surface area contributed by atoms with Gasteiger partial charge in [-0.3, -0.25) is 14.4 Å². The van der Waals surface area contributed by atoms with Crippen molar-refractivity contribution in [2.24, 2.45) is 0 Å². The molecule has 1 fully saturated rings. The summed E-state index contributed by atoms with van der Waals surface area (Å²) in [6, 6.07) is 5.95. The zero-order valence-corrected chi connectivity index (χ0v) is 15.9. The fourth-order valence-corrected chi connectivity index (χ4v) is 3.18. The lowest BCUT2D eigenvalue weighted by atomic mass is 10.1. The fourth-order valence-electron chi connectivity index (χ4n) is 3.18. The normalized spacial score (nSPS) is 14.8. The van der Waals surface area contributed by atoms with Gasteiger partial charge in [-0.05, 0) is 25.0 Å². The van der Waals surface area contributed by atoms with Gasteiger partial charge in [0.05, 0.1) is 26.2 Å². The van der Waals surface area contributed by atoms with E-state index in [4.69, 9.17) is 0 Å². The molecule has 1 saturated heterocycles. The highest BCUT2D eigenvalue weighted by molar-refractivity contribution is 5.93. The minimum absolute atomic E-state index is 0.00262. The number of nitrogens with zero attached hydrogens (tertiary/aromatic N) is 1. The molecule has 1 aliphatic heterocycles. The van der Waals surface area contributed by atoms with E-state index < -0.39 is 0 Å². The molecule has 3 amide bonds. The maximum atomic E-state index is 12.4. The Morgan fingerprint density at radius 1 is 1.12 bits per heavy atom. The van der Waals surface area contributed by atoms with Crippen LogP contribution in [0.2, 0.25) is 0 Å². The number of carbonyl (C=O) groups excluding carboxylic acids is 3. The molecule has 26 heavy (non-hydrogen) atoms. The molecule has 0 saturated carbocycles.